The number of nitrogens with zero attached hydrogens (tertiary/aromatic N) is 3. The van der Waals surface area contributed by atoms with Gasteiger partial charge < -0.3 is 0 Å². The monoisotopic (exact) mass is 275 g/mol. The second-order valence-electron chi connectivity index (χ2n) is 2.96. The first kappa shape index (κ1) is 9.86. The van der Waals surface area contributed by atoms with E-state index in [2.05, 4.69) is 26.1 Å². The third-order valence-electron chi connectivity index (χ3n) is 2.03. The van der Waals surface area contributed by atoms with Crippen LogP contribution in [0.1, 0.15) is 6.42 Å². The lowest BCUT2D eigenvalue weighted by molar-refractivity contribution is -0.116. The van der Waals surface area contributed by atoms with Crippen molar-refractivity contribution in [3.05, 3.63) is 17.3 Å². The number of carbonyl (C=O) groups excluding carboxylic acids is 1. The van der Waals surface area contributed by atoms with Crippen LogP contribution in [-0.2, 0) is 4.79 Å². The summed E-state index contributed by atoms with van der Waals surface area (Å²) in [6.45, 7) is 0.672. The van der Waals surface area contributed by atoms with Crippen molar-refractivity contribution in [1.29, 1.82) is 0 Å². The van der Waals surface area contributed by atoms with Crippen LogP contribution in [0.25, 0.3) is 0 Å². The molecule has 0 bridgehead atoms. The maximum absolute atomic E-state index is 11.6. The fourth-order valence-corrected chi connectivity index (χ4v) is 1.88. The lowest BCUT2D eigenvalue weighted by Crippen LogP contribution is -2.28. The smallest absolute Gasteiger partial charge is 0.242 e. The largest absolute Gasteiger partial charge is 0.294 e. The van der Waals surface area contributed by atoms with E-state index < -0.39 is 0 Å². The molecule has 1 aromatic heterocycles. The zero-order valence-corrected chi connectivity index (χ0v) is 9.49. The molecule has 0 spiro atoms. The van der Waals surface area contributed by atoms with Gasteiger partial charge in [0, 0.05) is 6.54 Å². The first-order valence-corrected chi connectivity index (χ1v) is 5.42. The molecule has 1 atom stereocenters. The molecule has 1 aliphatic rings. The van der Waals surface area contributed by atoms with Crippen LogP contribution < -0.4 is 4.90 Å². The summed E-state index contributed by atoms with van der Waals surface area (Å²) in [6, 6.07) is 3.32. The van der Waals surface area contributed by atoms with Crippen molar-refractivity contribution in [3.8, 4) is 0 Å². The summed E-state index contributed by atoms with van der Waals surface area (Å²) in [5.41, 5.74) is 0. The number of alkyl halides is 1. The number of aromatic nitrogens is 2. The molecule has 1 fully saturated rings. The average Bonchev–Trinajstić information content (AvgIpc) is 2.50. The summed E-state index contributed by atoms with van der Waals surface area (Å²) in [5.74, 6) is 0.586. The molecule has 0 radical (unpaired) electrons. The minimum Gasteiger partial charge on any atom is -0.294 e. The Kier molecular flexibility index (Phi) is 2.69. The van der Waals surface area contributed by atoms with Crippen LogP contribution in [-0.4, -0.2) is 27.5 Å². The highest BCUT2D eigenvalue weighted by atomic mass is 79.9. The third kappa shape index (κ3) is 1.74. The van der Waals surface area contributed by atoms with E-state index in [1.807, 2.05) is 0 Å². The van der Waals surface area contributed by atoms with Gasteiger partial charge in [-0.3, -0.25) is 9.69 Å². The van der Waals surface area contributed by atoms with Crippen molar-refractivity contribution in [2.24, 2.45) is 0 Å². The van der Waals surface area contributed by atoms with E-state index in [0.717, 1.165) is 6.42 Å². The Morgan fingerprint density at radius 3 is 2.79 bits per heavy atom. The molecule has 1 amide bonds. The van der Waals surface area contributed by atoms with Crippen LogP contribution in [0.15, 0.2) is 12.1 Å². The summed E-state index contributed by atoms with van der Waals surface area (Å²) >= 11 is 8.89. The zero-order chi connectivity index (χ0) is 10.1. The highest BCUT2D eigenvalue weighted by molar-refractivity contribution is 9.10. The predicted molar refractivity (Wildman–Crippen MR) is 56.7 cm³/mol. The molecule has 14 heavy (non-hydrogen) atoms. The van der Waals surface area contributed by atoms with Gasteiger partial charge in [0.25, 0.3) is 0 Å². The van der Waals surface area contributed by atoms with Crippen molar-refractivity contribution in [3.63, 3.8) is 0 Å². The Labute approximate surface area is 94.4 Å². The van der Waals surface area contributed by atoms with Crippen molar-refractivity contribution in [1.82, 2.24) is 10.2 Å². The molecule has 1 unspecified atom stereocenters. The molecule has 0 N–H and O–H groups in total. The highest BCUT2D eigenvalue weighted by Gasteiger charge is 2.31. The van der Waals surface area contributed by atoms with Crippen LogP contribution in [0.3, 0.4) is 0 Å². The molecule has 6 heteroatoms. The van der Waals surface area contributed by atoms with Crippen LogP contribution in [0.2, 0.25) is 5.15 Å². The normalized spacial score (nSPS) is 21.7. The van der Waals surface area contributed by atoms with Crippen LogP contribution in [0.5, 0.6) is 0 Å². The first-order valence-electron chi connectivity index (χ1n) is 4.13. The van der Waals surface area contributed by atoms with Gasteiger partial charge in [0.1, 0.15) is 0 Å². The van der Waals surface area contributed by atoms with Crippen molar-refractivity contribution in [2.45, 2.75) is 11.2 Å². The first-order chi connectivity index (χ1) is 6.68. The molecule has 1 aromatic rings. The lowest BCUT2D eigenvalue weighted by atomic mass is 10.4. The van der Waals surface area contributed by atoms with E-state index in [-0.39, 0.29) is 10.7 Å². The number of carbonyl (C=O) groups is 1. The van der Waals surface area contributed by atoms with Crippen molar-refractivity contribution < 1.29 is 4.79 Å². The molecule has 1 aliphatic heterocycles. The Hall–Kier alpha value is -0.680. The Balaban J connectivity index is 2.24. The molecule has 0 saturated carbocycles. The fourth-order valence-electron chi connectivity index (χ4n) is 1.33. The Morgan fingerprint density at radius 2 is 2.29 bits per heavy atom. The van der Waals surface area contributed by atoms with Gasteiger partial charge in [0.2, 0.25) is 5.91 Å². The summed E-state index contributed by atoms with van der Waals surface area (Å²) < 4.78 is 0. The molecule has 0 aromatic carbocycles. The minimum absolute atomic E-state index is 0.0293. The molecule has 4 nitrogen and oxygen atoms in total. The van der Waals surface area contributed by atoms with E-state index in [1.165, 1.54) is 0 Å². The highest BCUT2D eigenvalue weighted by Crippen LogP contribution is 2.23. The van der Waals surface area contributed by atoms with E-state index in [9.17, 15) is 4.79 Å². The quantitative estimate of drug-likeness (QED) is 0.733. The molecular formula is C8H7BrClN3O. The summed E-state index contributed by atoms with van der Waals surface area (Å²) in [5, 5.41) is 7.87. The fraction of sp³-hybridized carbons (Fsp3) is 0.375. The van der Waals surface area contributed by atoms with Crippen molar-refractivity contribution >= 4 is 39.3 Å². The van der Waals surface area contributed by atoms with Gasteiger partial charge in [0.15, 0.2) is 11.0 Å². The average molecular weight is 277 g/mol. The zero-order valence-electron chi connectivity index (χ0n) is 7.15. The van der Waals surface area contributed by atoms with Crippen LogP contribution >= 0.6 is 27.5 Å². The topological polar surface area (TPSA) is 46.1 Å². The van der Waals surface area contributed by atoms with Gasteiger partial charge in [-0.2, -0.15) is 0 Å². The standard InChI is InChI=1S/C8H7BrClN3O/c9-5-3-4-13(8(5)14)7-2-1-6(10)11-12-7/h1-2,5H,3-4H2. The number of hydrogen-bond acceptors (Lipinski definition) is 3. The number of hydrogen-bond donors (Lipinski definition) is 0. The number of anilines is 1. The van der Waals surface area contributed by atoms with Gasteiger partial charge in [-0.25, -0.2) is 0 Å². The van der Waals surface area contributed by atoms with E-state index >= 15 is 0 Å². The van der Waals surface area contributed by atoms with Crippen LogP contribution in [0, 0.1) is 0 Å². The molecule has 74 valence electrons. The maximum atomic E-state index is 11.6. The lowest BCUT2D eigenvalue weighted by Gasteiger charge is -2.13. The van der Waals surface area contributed by atoms with Gasteiger partial charge in [-0.05, 0) is 18.6 Å². The Morgan fingerprint density at radius 1 is 1.50 bits per heavy atom. The second-order valence-corrected chi connectivity index (χ2v) is 4.45. The third-order valence-corrected chi connectivity index (χ3v) is 3.09. The maximum Gasteiger partial charge on any atom is 0.242 e. The predicted octanol–water partition coefficient (Wildman–Crippen LogP) is 1.63. The SMILES string of the molecule is O=C1C(Br)CCN1c1ccc(Cl)nn1. The van der Waals surface area contributed by atoms with E-state index in [0.29, 0.717) is 17.5 Å². The van der Waals surface area contributed by atoms with Crippen molar-refractivity contribution in [2.75, 3.05) is 11.4 Å². The van der Waals surface area contributed by atoms with E-state index in [1.54, 1.807) is 17.0 Å². The number of halogens is 2. The second kappa shape index (κ2) is 3.82. The molecule has 2 rings (SSSR count). The number of amides is 1. The van der Waals surface area contributed by atoms with Gasteiger partial charge in [-0.1, -0.05) is 27.5 Å². The molecule has 0 aliphatic carbocycles. The Bertz CT molecular complexity index is 356. The van der Waals surface area contributed by atoms with Gasteiger partial charge in [-0.15, -0.1) is 10.2 Å². The van der Waals surface area contributed by atoms with Gasteiger partial charge >= 0.3 is 0 Å². The summed E-state index contributed by atoms with van der Waals surface area (Å²) in [4.78, 5) is 13.1. The molecule has 2 heterocycles. The summed E-state index contributed by atoms with van der Waals surface area (Å²) in [6.07, 6.45) is 0.795. The van der Waals surface area contributed by atoms with Gasteiger partial charge in [0.05, 0.1) is 4.83 Å². The molecule has 1 saturated heterocycles. The molecular weight excluding hydrogens is 269 g/mol. The number of rotatable bonds is 1. The van der Waals surface area contributed by atoms with Crippen LogP contribution in [0.4, 0.5) is 5.82 Å². The summed E-state index contributed by atoms with van der Waals surface area (Å²) in [7, 11) is 0. The minimum atomic E-state index is -0.0972. The van der Waals surface area contributed by atoms with E-state index in [4.69, 9.17) is 11.6 Å².